The van der Waals surface area contributed by atoms with Gasteiger partial charge in [-0.3, -0.25) is 4.99 Å². The largest absolute Gasteiger partial charge is 0.381 e. The van der Waals surface area contributed by atoms with E-state index in [2.05, 4.69) is 36.3 Å². The number of benzene rings is 1. The molecular weight excluding hydrogens is 389 g/mol. The fourth-order valence-electron chi connectivity index (χ4n) is 2.06. The highest BCUT2D eigenvalue weighted by Gasteiger charge is 2.20. The van der Waals surface area contributed by atoms with Crippen LogP contribution in [0.2, 0.25) is 0 Å². The van der Waals surface area contributed by atoms with Gasteiger partial charge in [0.05, 0.1) is 0 Å². The van der Waals surface area contributed by atoms with Gasteiger partial charge in [-0.2, -0.15) is 0 Å². The lowest BCUT2D eigenvalue weighted by molar-refractivity contribution is 0.123. The van der Waals surface area contributed by atoms with Crippen molar-refractivity contribution in [2.75, 3.05) is 25.1 Å². The molecule has 0 spiro atoms. The number of hydrogen-bond acceptors (Lipinski definition) is 2. The van der Waals surface area contributed by atoms with Gasteiger partial charge in [0.2, 0.25) is 0 Å². The van der Waals surface area contributed by atoms with E-state index < -0.39 is 0 Å². The van der Waals surface area contributed by atoms with E-state index >= 15 is 0 Å². The minimum absolute atomic E-state index is 0. The van der Waals surface area contributed by atoms with Gasteiger partial charge in [0.1, 0.15) is 0 Å². The highest BCUT2D eigenvalue weighted by molar-refractivity contribution is 14.0. The first kappa shape index (κ1) is 19.2. The van der Waals surface area contributed by atoms with E-state index in [1.54, 1.807) is 0 Å². The first-order chi connectivity index (χ1) is 10.1. The van der Waals surface area contributed by atoms with Crippen molar-refractivity contribution in [2.45, 2.75) is 39.0 Å². The zero-order valence-electron chi connectivity index (χ0n) is 13.5. The maximum atomic E-state index is 5.90. The summed E-state index contributed by atoms with van der Waals surface area (Å²) in [6, 6.07) is 8.29. The molecule has 0 amide bonds. The summed E-state index contributed by atoms with van der Waals surface area (Å²) >= 11 is 0. The van der Waals surface area contributed by atoms with Crippen molar-refractivity contribution in [1.29, 1.82) is 0 Å². The molecule has 1 aromatic carbocycles. The summed E-state index contributed by atoms with van der Waals surface area (Å²) in [6.45, 7) is 6.75. The predicted molar refractivity (Wildman–Crippen MR) is 104 cm³/mol. The van der Waals surface area contributed by atoms with Crippen LogP contribution in [0.15, 0.2) is 29.3 Å². The van der Waals surface area contributed by atoms with Crippen LogP contribution in [-0.2, 0) is 4.74 Å². The van der Waals surface area contributed by atoms with E-state index in [1.165, 1.54) is 18.4 Å². The number of guanidine groups is 1. The molecular formula is C17H28IN3O. The lowest BCUT2D eigenvalue weighted by Gasteiger charge is -2.10. The summed E-state index contributed by atoms with van der Waals surface area (Å²) in [5, 5.41) is 3.14. The SMILES string of the molecule is CC(C)c1cccc(NC(N)=NCCCOCC2CC2)c1.I. The van der Waals surface area contributed by atoms with E-state index in [1.807, 2.05) is 12.1 Å². The van der Waals surface area contributed by atoms with Gasteiger partial charge in [0.15, 0.2) is 5.96 Å². The average molecular weight is 417 g/mol. The maximum Gasteiger partial charge on any atom is 0.193 e. The Bertz CT molecular complexity index is 473. The standard InChI is InChI=1S/C17H27N3O.HI/c1-13(2)15-5-3-6-16(11-15)20-17(18)19-9-4-10-21-12-14-7-8-14;/h3,5-6,11,13-14H,4,7-10,12H2,1-2H3,(H3,18,19,20);1H. The van der Waals surface area contributed by atoms with Gasteiger partial charge >= 0.3 is 0 Å². The van der Waals surface area contributed by atoms with Crippen LogP contribution < -0.4 is 11.1 Å². The van der Waals surface area contributed by atoms with Gasteiger partial charge in [-0.15, -0.1) is 24.0 Å². The lowest BCUT2D eigenvalue weighted by atomic mass is 10.0. The Balaban J connectivity index is 0.00000242. The van der Waals surface area contributed by atoms with Crippen LogP contribution in [-0.4, -0.2) is 25.7 Å². The molecule has 0 saturated heterocycles. The molecule has 1 aliphatic carbocycles. The molecule has 0 bridgehead atoms. The third kappa shape index (κ3) is 7.45. The van der Waals surface area contributed by atoms with Gasteiger partial charge in [0.25, 0.3) is 0 Å². The number of anilines is 1. The summed E-state index contributed by atoms with van der Waals surface area (Å²) in [4.78, 5) is 4.33. The van der Waals surface area contributed by atoms with Crippen LogP contribution in [0.3, 0.4) is 0 Å². The number of nitrogens with zero attached hydrogens (tertiary/aromatic N) is 1. The molecule has 124 valence electrons. The number of nitrogens with two attached hydrogens (primary N) is 1. The Kier molecular flexibility index (Phi) is 8.78. The van der Waals surface area contributed by atoms with Crippen molar-refractivity contribution in [1.82, 2.24) is 0 Å². The highest BCUT2D eigenvalue weighted by Crippen LogP contribution is 2.28. The van der Waals surface area contributed by atoms with Crippen LogP contribution in [0.25, 0.3) is 0 Å². The molecule has 4 nitrogen and oxygen atoms in total. The van der Waals surface area contributed by atoms with Crippen LogP contribution in [0.5, 0.6) is 0 Å². The molecule has 5 heteroatoms. The molecule has 0 atom stereocenters. The Morgan fingerprint density at radius 3 is 2.86 bits per heavy atom. The van der Waals surface area contributed by atoms with Crippen molar-refractivity contribution < 1.29 is 4.74 Å². The summed E-state index contributed by atoms with van der Waals surface area (Å²) in [6.07, 6.45) is 3.59. The number of halogens is 1. The summed E-state index contributed by atoms with van der Waals surface area (Å²) in [7, 11) is 0. The first-order valence-corrected chi connectivity index (χ1v) is 7.90. The van der Waals surface area contributed by atoms with Gasteiger partial charge < -0.3 is 15.8 Å². The van der Waals surface area contributed by atoms with Gasteiger partial charge in [-0.05, 0) is 48.8 Å². The molecule has 3 N–H and O–H groups in total. The van der Waals surface area contributed by atoms with Gasteiger partial charge in [-0.25, -0.2) is 0 Å². The second kappa shape index (κ2) is 10.0. The Labute approximate surface area is 150 Å². The quantitative estimate of drug-likeness (QED) is 0.291. The minimum atomic E-state index is 0. The van der Waals surface area contributed by atoms with Crippen molar-refractivity contribution in [3.63, 3.8) is 0 Å². The van der Waals surface area contributed by atoms with Crippen LogP contribution in [0, 0.1) is 5.92 Å². The minimum Gasteiger partial charge on any atom is -0.381 e. The van der Waals surface area contributed by atoms with Crippen molar-refractivity contribution in [3.8, 4) is 0 Å². The number of ether oxygens (including phenoxy) is 1. The second-order valence-corrected chi connectivity index (χ2v) is 6.04. The molecule has 0 heterocycles. The first-order valence-electron chi connectivity index (χ1n) is 7.90. The fourth-order valence-corrected chi connectivity index (χ4v) is 2.06. The van der Waals surface area contributed by atoms with Gasteiger partial charge in [0, 0.05) is 25.4 Å². The van der Waals surface area contributed by atoms with Crippen molar-refractivity contribution in [3.05, 3.63) is 29.8 Å². The second-order valence-electron chi connectivity index (χ2n) is 6.04. The molecule has 1 fully saturated rings. The highest BCUT2D eigenvalue weighted by atomic mass is 127. The number of aliphatic imine (C=N–C) groups is 1. The topological polar surface area (TPSA) is 59.6 Å². The molecule has 1 aliphatic rings. The monoisotopic (exact) mass is 417 g/mol. The zero-order valence-corrected chi connectivity index (χ0v) is 15.9. The maximum absolute atomic E-state index is 5.90. The number of hydrogen-bond donors (Lipinski definition) is 2. The summed E-state index contributed by atoms with van der Waals surface area (Å²) in [5.74, 6) is 1.81. The summed E-state index contributed by atoms with van der Waals surface area (Å²) < 4.78 is 5.57. The van der Waals surface area contributed by atoms with E-state index in [0.29, 0.717) is 18.4 Å². The fraction of sp³-hybridized carbons (Fsp3) is 0.588. The van der Waals surface area contributed by atoms with Crippen LogP contribution >= 0.6 is 24.0 Å². The zero-order chi connectivity index (χ0) is 15.1. The average Bonchev–Trinajstić information content (AvgIpc) is 3.27. The molecule has 2 rings (SSSR count). The van der Waals surface area contributed by atoms with E-state index in [-0.39, 0.29) is 24.0 Å². The third-order valence-electron chi connectivity index (χ3n) is 3.61. The smallest absolute Gasteiger partial charge is 0.193 e. The molecule has 0 unspecified atom stereocenters. The Hall–Kier alpha value is -0.820. The third-order valence-corrected chi connectivity index (χ3v) is 3.61. The van der Waals surface area contributed by atoms with Crippen LogP contribution in [0.4, 0.5) is 5.69 Å². The van der Waals surface area contributed by atoms with E-state index in [4.69, 9.17) is 10.5 Å². The molecule has 1 aromatic rings. The Morgan fingerprint density at radius 1 is 1.41 bits per heavy atom. The summed E-state index contributed by atoms with van der Waals surface area (Å²) in [5.41, 5.74) is 8.19. The molecule has 0 radical (unpaired) electrons. The van der Waals surface area contributed by atoms with E-state index in [9.17, 15) is 0 Å². The number of nitrogens with one attached hydrogen (secondary N) is 1. The van der Waals surface area contributed by atoms with Crippen molar-refractivity contribution in [2.24, 2.45) is 16.6 Å². The molecule has 22 heavy (non-hydrogen) atoms. The van der Waals surface area contributed by atoms with Gasteiger partial charge in [-0.1, -0.05) is 26.0 Å². The van der Waals surface area contributed by atoms with Crippen LogP contribution in [0.1, 0.15) is 44.6 Å². The molecule has 1 saturated carbocycles. The van der Waals surface area contributed by atoms with E-state index in [0.717, 1.165) is 31.2 Å². The molecule has 0 aliphatic heterocycles. The molecule has 0 aromatic heterocycles. The Morgan fingerprint density at radius 2 is 2.18 bits per heavy atom. The normalized spacial score (nSPS) is 14.8. The predicted octanol–water partition coefficient (Wildman–Crippen LogP) is 3.97. The van der Waals surface area contributed by atoms with Crippen molar-refractivity contribution >= 4 is 35.6 Å². The lowest BCUT2D eigenvalue weighted by Crippen LogP contribution is -2.23. The number of rotatable bonds is 8.